The SMILES string of the molecule is Cc1cc(F)ccc1C(=O)NC(C)Cn1cccn1. The van der Waals surface area contributed by atoms with Crippen molar-refractivity contribution >= 4 is 5.91 Å². The third-order valence-corrected chi connectivity index (χ3v) is 2.83. The Bertz CT molecular complexity index is 566. The van der Waals surface area contributed by atoms with Crippen molar-refractivity contribution in [3.8, 4) is 0 Å². The highest BCUT2D eigenvalue weighted by molar-refractivity contribution is 5.95. The van der Waals surface area contributed by atoms with Gasteiger partial charge in [0.1, 0.15) is 5.82 Å². The van der Waals surface area contributed by atoms with Crippen LogP contribution < -0.4 is 5.32 Å². The molecule has 0 aliphatic rings. The molecule has 1 unspecified atom stereocenters. The summed E-state index contributed by atoms with van der Waals surface area (Å²) in [5.41, 5.74) is 1.12. The number of amides is 1. The molecule has 0 fully saturated rings. The van der Waals surface area contributed by atoms with Gasteiger partial charge in [-0.2, -0.15) is 5.10 Å². The van der Waals surface area contributed by atoms with Crippen LogP contribution in [0.3, 0.4) is 0 Å². The molecule has 0 spiro atoms. The third kappa shape index (κ3) is 3.40. The van der Waals surface area contributed by atoms with Gasteiger partial charge in [0.25, 0.3) is 5.91 Å². The highest BCUT2D eigenvalue weighted by Crippen LogP contribution is 2.10. The summed E-state index contributed by atoms with van der Waals surface area (Å²) in [6.07, 6.45) is 3.53. The van der Waals surface area contributed by atoms with E-state index in [4.69, 9.17) is 0 Å². The fourth-order valence-corrected chi connectivity index (χ4v) is 1.92. The van der Waals surface area contributed by atoms with E-state index in [1.165, 1.54) is 18.2 Å². The van der Waals surface area contributed by atoms with E-state index < -0.39 is 0 Å². The van der Waals surface area contributed by atoms with E-state index in [0.717, 1.165) is 0 Å². The number of benzene rings is 1. The van der Waals surface area contributed by atoms with E-state index in [0.29, 0.717) is 17.7 Å². The van der Waals surface area contributed by atoms with Crippen LogP contribution in [-0.4, -0.2) is 21.7 Å². The van der Waals surface area contributed by atoms with Crippen LogP contribution in [0.1, 0.15) is 22.8 Å². The van der Waals surface area contributed by atoms with Crippen LogP contribution in [0.4, 0.5) is 4.39 Å². The maximum absolute atomic E-state index is 13.0. The van der Waals surface area contributed by atoms with E-state index in [2.05, 4.69) is 10.4 Å². The number of aryl methyl sites for hydroxylation is 1. The molecule has 1 aromatic heterocycles. The van der Waals surface area contributed by atoms with Crippen molar-refractivity contribution < 1.29 is 9.18 Å². The average molecular weight is 261 g/mol. The number of carbonyl (C=O) groups is 1. The summed E-state index contributed by atoms with van der Waals surface area (Å²) in [7, 11) is 0. The van der Waals surface area contributed by atoms with Crippen molar-refractivity contribution in [2.75, 3.05) is 0 Å². The molecule has 2 aromatic rings. The molecule has 1 amide bonds. The predicted octanol–water partition coefficient (Wildman–Crippen LogP) is 2.15. The van der Waals surface area contributed by atoms with E-state index in [1.807, 2.05) is 19.2 Å². The molecular formula is C14H16FN3O. The Morgan fingerprint density at radius 2 is 2.32 bits per heavy atom. The summed E-state index contributed by atoms with van der Waals surface area (Å²) in [4.78, 5) is 12.1. The van der Waals surface area contributed by atoms with Gasteiger partial charge in [-0.3, -0.25) is 9.48 Å². The summed E-state index contributed by atoms with van der Waals surface area (Å²) >= 11 is 0. The number of nitrogens with zero attached hydrogens (tertiary/aromatic N) is 2. The number of hydrogen-bond donors (Lipinski definition) is 1. The Morgan fingerprint density at radius 3 is 2.95 bits per heavy atom. The predicted molar refractivity (Wildman–Crippen MR) is 70.3 cm³/mol. The second kappa shape index (κ2) is 5.65. The second-order valence-electron chi connectivity index (χ2n) is 4.56. The molecule has 1 aromatic carbocycles. The van der Waals surface area contributed by atoms with Gasteiger partial charge in [-0.05, 0) is 43.7 Å². The fourth-order valence-electron chi connectivity index (χ4n) is 1.92. The Hall–Kier alpha value is -2.17. The van der Waals surface area contributed by atoms with E-state index in [9.17, 15) is 9.18 Å². The number of rotatable bonds is 4. The van der Waals surface area contributed by atoms with Crippen LogP contribution in [0.15, 0.2) is 36.7 Å². The zero-order valence-electron chi connectivity index (χ0n) is 10.9. The molecule has 0 bridgehead atoms. The molecule has 0 aliphatic heterocycles. The van der Waals surface area contributed by atoms with Gasteiger partial charge in [-0.15, -0.1) is 0 Å². The fraction of sp³-hybridized carbons (Fsp3) is 0.286. The number of halogens is 1. The molecule has 4 nitrogen and oxygen atoms in total. The molecule has 19 heavy (non-hydrogen) atoms. The lowest BCUT2D eigenvalue weighted by Crippen LogP contribution is -2.36. The highest BCUT2D eigenvalue weighted by atomic mass is 19.1. The summed E-state index contributed by atoms with van der Waals surface area (Å²) < 4.78 is 14.7. The summed E-state index contributed by atoms with van der Waals surface area (Å²) in [6.45, 7) is 4.22. The van der Waals surface area contributed by atoms with Gasteiger partial charge in [-0.1, -0.05) is 0 Å². The molecule has 1 N–H and O–H groups in total. The zero-order chi connectivity index (χ0) is 13.8. The Morgan fingerprint density at radius 1 is 1.53 bits per heavy atom. The van der Waals surface area contributed by atoms with Crippen LogP contribution in [0.25, 0.3) is 0 Å². The first kappa shape index (κ1) is 13.3. The molecule has 5 heteroatoms. The maximum atomic E-state index is 13.0. The van der Waals surface area contributed by atoms with Crippen molar-refractivity contribution in [1.29, 1.82) is 0 Å². The van der Waals surface area contributed by atoms with E-state index in [1.54, 1.807) is 17.8 Å². The standard InChI is InChI=1S/C14H16FN3O/c1-10-8-12(15)4-5-13(10)14(19)17-11(2)9-18-7-3-6-16-18/h3-8,11H,9H2,1-2H3,(H,17,19). The zero-order valence-corrected chi connectivity index (χ0v) is 10.9. The molecule has 1 atom stereocenters. The minimum Gasteiger partial charge on any atom is -0.348 e. The first-order valence-electron chi connectivity index (χ1n) is 6.10. The minimum absolute atomic E-state index is 0.0585. The van der Waals surface area contributed by atoms with Crippen LogP contribution in [0.2, 0.25) is 0 Å². The monoisotopic (exact) mass is 261 g/mol. The lowest BCUT2D eigenvalue weighted by molar-refractivity contribution is 0.0935. The van der Waals surface area contributed by atoms with Crippen molar-refractivity contribution in [2.45, 2.75) is 26.4 Å². The first-order valence-corrected chi connectivity index (χ1v) is 6.10. The van der Waals surface area contributed by atoms with Crippen LogP contribution >= 0.6 is 0 Å². The minimum atomic E-state index is -0.335. The van der Waals surface area contributed by atoms with Crippen LogP contribution in [-0.2, 0) is 6.54 Å². The summed E-state index contributed by atoms with van der Waals surface area (Å²) in [6, 6.07) is 5.92. The first-order chi connectivity index (χ1) is 9.06. The van der Waals surface area contributed by atoms with Crippen molar-refractivity contribution in [1.82, 2.24) is 15.1 Å². The highest BCUT2D eigenvalue weighted by Gasteiger charge is 2.12. The summed E-state index contributed by atoms with van der Waals surface area (Å²) in [5, 5.41) is 6.95. The van der Waals surface area contributed by atoms with E-state index >= 15 is 0 Å². The van der Waals surface area contributed by atoms with Crippen molar-refractivity contribution in [3.05, 3.63) is 53.6 Å². The topological polar surface area (TPSA) is 46.9 Å². The normalized spacial score (nSPS) is 12.2. The smallest absolute Gasteiger partial charge is 0.251 e. The van der Waals surface area contributed by atoms with Gasteiger partial charge in [0, 0.05) is 24.0 Å². The van der Waals surface area contributed by atoms with Gasteiger partial charge in [-0.25, -0.2) is 4.39 Å². The lowest BCUT2D eigenvalue weighted by Gasteiger charge is -2.15. The number of hydrogen-bond acceptors (Lipinski definition) is 2. The lowest BCUT2D eigenvalue weighted by atomic mass is 10.1. The molecule has 2 rings (SSSR count). The van der Waals surface area contributed by atoms with E-state index in [-0.39, 0.29) is 17.8 Å². The molecule has 1 heterocycles. The van der Waals surface area contributed by atoms with Crippen LogP contribution in [0.5, 0.6) is 0 Å². The molecular weight excluding hydrogens is 245 g/mol. The number of carbonyl (C=O) groups excluding carboxylic acids is 1. The Labute approximate surface area is 111 Å². The maximum Gasteiger partial charge on any atom is 0.251 e. The van der Waals surface area contributed by atoms with Crippen molar-refractivity contribution in [3.63, 3.8) is 0 Å². The quantitative estimate of drug-likeness (QED) is 0.916. The van der Waals surface area contributed by atoms with Gasteiger partial charge < -0.3 is 5.32 Å². The molecule has 0 saturated heterocycles. The molecule has 0 radical (unpaired) electrons. The molecule has 100 valence electrons. The van der Waals surface area contributed by atoms with Gasteiger partial charge >= 0.3 is 0 Å². The Kier molecular flexibility index (Phi) is 3.94. The second-order valence-corrected chi connectivity index (χ2v) is 4.56. The van der Waals surface area contributed by atoms with Crippen molar-refractivity contribution in [2.24, 2.45) is 0 Å². The third-order valence-electron chi connectivity index (χ3n) is 2.83. The average Bonchev–Trinajstić information content (AvgIpc) is 2.81. The van der Waals surface area contributed by atoms with Gasteiger partial charge in [0.15, 0.2) is 0 Å². The number of nitrogens with one attached hydrogen (secondary N) is 1. The molecule has 0 saturated carbocycles. The van der Waals surface area contributed by atoms with Crippen LogP contribution in [0, 0.1) is 12.7 Å². The van der Waals surface area contributed by atoms with Gasteiger partial charge in [0.2, 0.25) is 0 Å². The van der Waals surface area contributed by atoms with Gasteiger partial charge in [0.05, 0.1) is 6.54 Å². The molecule has 0 aliphatic carbocycles. The Balaban J connectivity index is 2.00. The number of aromatic nitrogens is 2. The summed E-state index contributed by atoms with van der Waals surface area (Å²) in [5.74, 6) is -0.532. The largest absolute Gasteiger partial charge is 0.348 e.